The molecule has 0 bridgehead atoms. The van der Waals surface area contributed by atoms with Crippen LogP contribution in [-0.2, 0) is 9.59 Å². The zero-order valence-electron chi connectivity index (χ0n) is 16.9. The third-order valence-corrected chi connectivity index (χ3v) is 6.94. The highest BCUT2D eigenvalue weighted by Gasteiger charge is 2.37. The van der Waals surface area contributed by atoms with E-state index in [1.807, 2.05) is 32.0 Å². The monoisotopic (exact) mass is 530 g/mol. The summed E-state index contributed by atoms with van der Waals surface area (Å²) in [5.74, 6) is -1.21. The number of carbonyl (C=O) groups excluding carboxylic acids is 3. The summed E-state index contributed by atoms with van der Waals surface area (Å²) in [7, 11) is 0. The number of furan rings is 1. The Morgan fingerprint density at radius 3 is 2.44 bits per heavy atom. The summed E-state index contributed by atoms with van der Waals surface area (Å²) in [5, 5.41) is 3.39. The summed E-state index contributed by atoms with van der Waals surface area (Å²) >= 11 is 10.7. The number of barbiturate groups is 1. The average Bonchev–Trinajstić information content (AvgIpc) is 3.08. The molecule has 1 aromatic heterocycles. The van der Waals surface area contributed by atoms with Gasteiger partial charge in [-0.15, -0.1) is 0 Å². The van der Waals surface area contributed by atoms with Crippen LogP contribution in [0.1, 0.15) is 16.9 Å². The van der Waals surface area contributed by atoms with Crippen LogP contribution in [0.25, 0.3) is 6.08 Å². The van der Waals surface area contributed by atoms with Gasteiger partial charge in [0, 0.05) is 9.92 Å². The molecule has 32 heavy (non-hydrogen) atoms. The summed E-state index contributed by atoms with van der Waals surface area (Å²) in [6, 6.07) is 13.3. The normalized spacial score (nSPS) is 15.4. The number of hydrogen-bond donors (Lipinski definition) is 1. The number of benzene rings is 2. The molecule has 1 fully saturated rings. The number of nitrogens with zero attached hydrogens (tertiary/aromatic N) is 1. The van der Waals surface area contributed by atoms with Gasteiger partial charge < -0.3 is 4.42 Å². The van der Waals surface area contributed by atoms with E-state index in [2.05, 4.69) is 21.2 Å². The summed E-state index contributed by atoms with van der Waals surface area (Å²) in [6.07, 6.45) is 1.33. The molecular weight excluding hydrogens is 516 g/mol. The van der Waals surface area contributed by atoms with Crippen LogP contribution in [0.4, 0.5) is 10.5 Å². The number of imide groups is 2. The Labute approximate surface area is 201 Å². The topological polar surface area (TPSA) is 79.6 Å². The number of rotatable bonds is 4. The van der Waals surface area contributed by atoms with E-state index in [-0.39, 0.29) is 5.57 Å². The van der Waals surface area contributed by atoms with Crippen LogP contribution < -0.4 is 10.2 Å². The molecular formula is C23H16BrClN2O4S. The highest BCUT2D eigenvalue weighted by molar-refractivity contribution is 9.10. The van der Waals surface area contributed by atoms with Crippen LogP contribution in [0.3, 0.4) is 0 Å². The van der Waals surface area contributed by atoms with E-state index in [4.69, 9.17) is 16.0 Å². The number of aryl methyl sites for hydroxylation is 2. The minimum absolute atomic E-state index is 0.202. The van der Waals surface area contributed by atoms with Crippen LogP contribution in [-0.4, -0.2) is 17.8 Å². The summed E-state index contributed by atoms with van der Waals surface area (Å²) in [6.45, 7) is 3.81. The van der Waals surface area contributed by atoms with E-state index < -0.39 is 17.8 Å². The lowest BCUT2D eigenvalue weighted by atomic mass is 10.1. The number of anilines is 1. The lowest BCUT2D eigenvalue weighted by molar-refractivity contribution is -0.122. The molecule has 2 aromatic carbocycles. The Bertz CT molecular complexity index is 1280. The Kier molecular flexibility index (Phi) is 6.28. The molecule has 4 rings (SSSR count). The number of halogens is 2. The molecule has 0 unspecified atom stereocenters. The first kappa shape index (κ1) is 22.4. The third-order valence-electron chi connectivity index (χ3n) is 4.84. The number of nitrogens with one attached hydrogen (secondary N) is 1. The molecule has 2 heterocycles. The smallest absolute Gasteiger partial charge is 0.335 e. The van der Waals surface area contributed by atoms with Crippen LogP contribution in [0.15, 0.2) is 73.0 Å². The van der Waals surface area contributed by atoms with Crippen molar-refractivity contribution in [2.45, 2.75) is 23.8 Å². The van der Waals surface area contributed by atoms with Gasteiger partial charge in [0.05, 0.1) is 10.2 Å². The molecule has 0 aliphatic carbocycles. The van der Waals surface area contributed by atoms with Crippen LogP contribution >= 0.6 is 39.3 Å². The van der Waals surface area contributed by atoms with Crippen molar-refractivity contribution in [2.24, 2.45) is 0 Å². The van der Waals surface area contributed by atoms with Gasteiger partial charge in [-0.25, -0.2) is 9.69 Å². The molecule has 3 aromatic rings. The molecule has 4 amide bonds. The van der Waals surface area contributed by atoms with Gasteiger partial charge in [-0.1, -0.05) is 29.4 Å². The van der Waals surface area contributed by atoms with Crippen LogP contribution in [0.5, 0.6) is 0 Å². The Balaban J connectivity index is 1.64. The first-order valence-corrected chi connectivity index (χ1v) is 11.4. The van der Waals surface area contributed by atoms with E-state index in [1.54, 1.807) is 30.3 Å². The van der Waals surface area contributed by atoms with Crippen molar-refractivity contribution in [3.05, 3.63) is 80.5 Å². The Morgan fingerprint density at radius 2 is 1.75 bits per heavy atom. The summed E-state index contributed by atoms with van der Waals surface area (Å²) in [4.78, 5) is 39.7. The number of hydrogen-bond acceptors (Lipinski definition) is 5. The van der Waals surface area contributed by atoms with Crippen molar-refractivity contribution in [1.29, 1.82) is 0 Å². The molecule has 1 aliphatic heterocycles. The Hall–Kier alpha value is -2.81. The molecule has 0 saturated carbocycles. The minimum Gasteiger partial charge on any atom is -0.449 e. The van der Waals surface area contributed by atoms with Crippen molar-refractivity contribution in [1.82, 2.24) is 5.32 Å². The second kappa shape index (κ2) is 8.97. The summed E-state index contributed by atoms with van der Waals surface area (Å²) < 4.78 is 6.48. The van der Waals surface area contributed by atoms with Gasteiger partial charge in [0.2, 0.25) is 0 Å². The first-order valence-electron chi connectivity index (χ1n) is 9.44. The van der Waals surface area contributed by atoms with E-state index in [0.717, 1.165) is 20.9 Å². The highest BCUT2D eigenvalue weighted by Crippen LogP contribution is 2.37. The first-order chi connectivity index (χ1) is 15.2. The fraction of sp³-hybridized carbons (Fsp3) is 0.0870. The molecule has 0 radical (unpaired) electrons. The van der Waals surface area contributed by atoms with Crippen molar-refractivity contribution in [2.75, 3.05) is 4.90 Å². The van der Waals surface area contributed by atoms with Crippen molar-refractivity contribution >= 4 is 68.9 Å². The predicted molar refractivity (Wildman–Crippen MR) is 127 cm³/mol. The maximum atomic E-state index is 13.1. The van der Waals surface area contributed by atoms with E-state index in [0.29, 0.717) is 26.0 Å². The number of amides is 4. The fourth-order valence-electron chi connectivity index (χ4n) is 3.02. The van der Waals surface area contributed by atoms with E-state index >= 15 is 0 Å². The van der Waals surface area contributed by atoms with Crippen molar-refractivity contribution < 1.29 is 18.8 Å². The maximum absolute atomic E-state index is 13.1. The standard InChI is InChI=1S/C23H16BrClN2O4S/c1-12-3-6-15(9-13(12)2)27-21(29)18(20(28)26-23(27)30)10-16-11-19(24)22(31-16)32-17-7-4-14(25)5-8-17/h3-11H,1-2H3,(H,26,28,30)/b18-10+. The van der Waals surface area contributed by atoms with Gasteiger partial charge in [0.25, 0.3) is 11.8 Å². The number of urea groups is 1. The van der Waals surface area contributed by atoms with Gasteiger partial charge in [-0.05, 0) is 89.4 Å². The average molecular weight is 532 g/mol. The van der Waals surface area contributed by atoms with Gasteiger partial charge in [0.15, 0.2) is 5.09 Å². The molecule has 0 atom stereocenters. The molecule has 1 aliphatic rings. The van der Waals surface area contributed by atoms with Gasteiger partial charge >= 0.3 is 6.03 Å². The minimum atomic E-state index is -0.792. The molecule has 6 nitrogen and oxygen atoms in total. The molecule has 162 valence electrons. The third kappa shape index (κ3) is 4.53. The predicted octanol–water partition coefficient (Wildman–Crippen LogP) is 6.13. The lowest BCUT2D eigenvalue weighted by Crippen LogP contribution is -2.54. The van der Waals surface area contributed by atoms with Crippen LogP contribution in [0, 0.1) is 13.8 Å². The SMILES string of the molecule is Cc1ccc(N2C(=O)NC(=O)/C(=C\c3cc(Br)c(Sc4ccc(Cl)cc4)o3)C2=O)cc1C. The molecule has 9 heteroatoms. The van der Waals surface area contributed by atoms with Crippen molar-refractivity contribution in [3.8, 4) is 0 Å². The van der Waals surface area contributed by atoms with E-state index in [9.17, 15) is 14.4 Å². The second-order valence-corrected chi connectivity index (χ2v) is 9.40. The number of carbonyl (C=O) groups is 3. The molecule has 1 N–H and O–H groups in total. The zero-order chi connectivity index (χ0) is 23.0. The van der Waals surface area contributed by atoms with Gasteiger partial charge in [0.1, 0.15) is 11.3 Å². The largest absolute Gasteiger partial charge is 0.449 e. The molecule has 1 saturated heterocycles. The quantitative estimate of drug-likeness (QED) is 0.324. The molecule has 0 spiro atoms. The summed E-state index contributed by atoms with van der Waals surface area (Å²) in [5.41, 5.74) is 2.13. The van der Waals surface area contributed by atoms with Crippen molar-refractivity contribution in [3.63, 3.8) is 0 Å². The fourth-order valence-corrected chi connectivity index (χ4v) is 4.47. The second-order valence-electron chi connectivity index (χ2n) is 7.07. The zero-order valence-corrected chi connectivity index (χ0v) is 20.1. The Morgan fingerprint density at radius 1 is 1.03 bits per heavy atom. The van der Waals surface area contributed by atoms with Gasteiger partial charge in [-0.2, -0.15) is 0 Å². The highest BCUT2D eigenvalue weighted by atomic mass is 79.9. The van der Waals surface area contributed by atoms with E-state index in [1.165, 1.54) is 17.8 Å². The van der Waals surface area contributed by atoms with Gasteiger partial charge in [-0.3, -0.25) is 14.9 Å². The maximum Gasteiger partial charge on any atom is 0.335 e. The lowest BCUT2D eigenvalue weighted by Gasteiger charge is -2.26. The van der Waals surface area contributed by atoms with Crippen LogP contribution in [0.2, 0.25) is 5.02 Å².